The molecule has 2 rings (SSSR count). The molecule has 0 unspecified atom stereocenters. The van der Waals surface area contributed by atoms with Gasteiger partial charge in [0.1, 0.15) is 5.69 Å². The molecule has 0 aliphatic carbocycles. The van der Waals surface area contributed by atoms with Crippen LogP contribution in [0.1, 0.15) is 11.1 Å². The van der Waals surface area contributed by atoms with Crippen molar-refractivity contribution in [1.82, 2.24) is 9.78 Å². The minimum atomic E-state index is -0.475. The average Bonchev–Trinajstić information content (AvgIpc) is 2.74. The first-order valence-corrected chi connectivity index (χ1v) is 5.33. The molecule has 1 heterocycles. The van der Waals surface area contributed by atoms with Gasteiger partial charge < -0.3 is 5.43 Å². The van der Waals surface area contributed by atoms with Crippen molar-refractivity contribution in [2.75, 3.05) is 5.43 Å². The summed E-state index contributed by atoms with van der Waals surface area (Å²) in [6, 6.07) is 4.77. The summed E-state index contributed by atoms with van der Waals surface area (Å²) in [5, 5.41) is 14.9. The lowest BCUT2D eigenvalue weighted by molar-refractivity contribution is -0.384. The van der Waals surface area contributed by atoms with Gasteiger partial charge in [0.05, 0.1) is 17.7 Å². The minimum Gasteiger partial charge on any atom is -0.318 e. The number of hydrogen-bond acceptors (Lipinski definition) is 5. The second kappa shape index (κ2) is 4.84. The third-order valence-electron chi connectivity index (χ3n) is 2.52. The zero-order chi connectivity index (χ0) is 13.1. The Morgan fingerprint density at radius 2 is 2.33 bits per heavy atom. The van der Waals surface area contributed by atoms with Gasteiger partial charge in [0.15, 0.2) is 0 Å². The van der Waals surface area contributed by atoms with Crippen LogP contribution in [-0.4, -0.2) is 14.7 Å². The largest absolute Gasteiger partial charge is 0.318 e. The zero-order valence-electron chi connectivity index (χ0n) is 9.83. The van der Waals surface area contributed by atoms with E-state index < -0.39 is 4.92 Å². The number of hydrogen-bond donors (Lipinski definition) is 2. The van der Waals surface area contributed by atoms with Gasteiger partial charge in [-0.3, -0.25) is 20.6 Å². The SMILES string of the molecule is Cc1cnn(Cc2ccc([N+](=O)[O-])c(NN)c2)c1. The highest BCUT2D eigenvalue weighted by Gasteiger charge is 2.13. The van der Waals surface area contributed by atoms with Crippen LogP contribution in [0.2, 0.25) is 0 Å². The number of benzene rings is 1. The summed E-state index contributed by atoms with van der Waals surface area (Å²) < 4.78 is 1.76. The molecule has 0 fully saturated rings. The molecule has 1 aromatic heterocycles. The first-order valence-electron chi connectivity index (χ1n) is 5.33. The molecule has 2 aromatic rings. The highest BCUT2D eigenvalue weighted by atomic mass is 16.6. The Morgan fingerprint density at radius 3 is 2.89 bits per heavy atom. The van der Waals surface area contributed by atoms with E-state index in [9.17, 15) is 10.1 Å². The summed E-state index contributed by atoms with van der Waals surface area (Å²) in [6.45, 7) is 2.49. The number of hydrazine groups is 1. The van der Waals surface area contributed by atoms with Crippen molar-refractivity contribution in [3.63, 3.8) is 0 Å². The van der Waals surface area contributed by atoms with Gasteiger partial charge in [-0.05, 0) is 24.1 Å². The number of nitrogens with zero attached hydrogens (tertiary/aromatic N) is 3. The van der Waals surface area contributed by atoms with Crippen LogP contribution >= 0.6 is 0 Å². The quantitative estimate of drug-likeness (QED) is 0.483. The van der Waals surface area contributed by atoms with Gasteiger partial charge in [-0.2, -0.15) is 5.10 Å². The van der Waals surface area contributed by atoms with E-state index in [4.69, 9.17) is 5.84 Å². The third-order valence-corrected chi connectivity index (χ3v) is 2.52. The minimum absolute atomic E-state index is 0.0436. The molecule has 1 aromatic carbocycles. The monoisotopic (exact) mass is 247 g/mol. The number of nitrogen functional groups attached to an aromatic ring is 1. The Labute approximate surface area is 103 Å². The smallest absolute Gasteiger partial charge is 0.293 e. The maximum Gasteiger partial charge on any atom is 0.293 e. The predicted molar refractivity (Wildman–Crippen MR) is 67.0 cm³/mol. The molecule has 0 saturated carbocycles. The van der Waals surface area contributed by atoms with E-state index in [0.717, 1.165) is 11.1 Å². The maximum atomic E-state index is 10.7. The van der Waals surface area contributed by atoms with Gasteiger partial charge in [-0.25, -0.2) is 0 Å². The number of aromatic nitrogens is 2. The molecule has 0 aliphatic heterocycles. The first-order chi connectivity index (χ1) is 8.60. The molecular formula is C11H13N5O2. The third kappa shape index (κ3) is 2.46. The molecule has 0 radical (unpaired) electrons. The summed E-state index contributed by atoms with van der Waals surface area (Å²) in [7, 11) is 0. The summed E-state index contributed by atoms with van der Waals surface area (Å²) in [5.41, 5.74) is 4.54. The Balaban J connectivity index is 2.27. The lowest BCUT2D eigenvalue weighted by atomic mass is 10.1. The summed E-state index contributed by atoms with van der Waals surface area (Å²) in [6.07, 6.45) is 3.66. The van der Waals surface area contributed by atoms with Crippen LogP contribution in [-0.2, 0) is 6.54 Å². The maximum absolute atomic E-state index is 10.7. The fraction of sp³-hybridized carbons (Fsp3) is 0.182. The number of anilines is 1. The van der Waals surface area contributed by atoms with Gasteiger partial charge in [0.25, 0.3) is 5.69 Å². The molecular weight excluding hydrogens is 234 g/mol. The molecule has 0 amide bonds. The average molecular weight is 247 g/mol. The predicted octanol–water partition coefficient (Wildman–Crippen LogP) is 1.43. The molecule has 7 heteroatoms. The van der Waals surface area contributed by atoms with Gasteiger partial charge in [0.2, 0.25) is 0 Å². The van der Waals surface area contributed by atoms with E-state index in [1.807, 2.05) is 13.1 Å². The van der Waals surface area contributed by atoms with Crippen LogP contribution in [0.25, 0.3) is 0 Å². The second-order valence-corrected chi connectivity index (χ2v) is 3.97. The van der Waals surface area contributed by atoms with Crippen molar-refractivity contribution in [3.05, 3.63) is 51.8 Å². The lowest BCUT2D eigenvalue weighted by Gasteiger charge is -2.06. The molecule has 18 heavy (non-hydrogen) atoms. The van der Waals surface area contributed by atoms with Crippen LogP contribution < -0.4 is 11.3 Å². The molecule has 94 valence electrons. The summed E-state index contributed by atoms with van der Waals surface area (Å²) in [4.78, 5) is 10.3. The molecule has 3 N–H and O–H groups in total. The number of nitro benzene ring substituents is 1. The van der Waals surface area contributed by atoms with Crippen molar-refractivity contribution in [2.45, 2.75) is 13.5 Å². The van der Waals surface area contributed by atoms with Crippen molar-refractivity contribution >= 4 is 11.4 Å². The van der Waals surface area contributed by atoms with Gasteiger partial charge in [-0.15, -0.1) is 0 Å². The number of nitrogens with one attached hydrogen (secondary N) is 1. The van der Waals surface area contributed by atoms with E-state index >= 15 is 0 Å². The number of nitro groups is 1. The van der Waals surface area contributed by atoms with E-state index in [0.29, 0.717) is 12.2 Å². The Morgan fingerprint density at radius 1 is 1.56 bits per heavy atom. The molecule has 7 nitrogen and oxygen atoms in total. The normalized spacial score (nSPS) is 10.3. The fourth-order valence-electron chi connectivity index (χ4n) is 1.70. The van der Waals surface area contributed by atoms with Crippen molar-refractivity contribution in [3.8, 4) is 0 Å². The van der Waals surface area contributed by atoms with E-state index in [1.54, 1.807) is 23.0 Å². The van der Waals surface area contributed by atoms with E-state index in [1.165, 1.54) is 6.07 Å². The number of nitrogens with two attached hydrogens (primary N) is 1. The van der Waals surface area contributed by atoms with Crippen molar-refractivity contribution in [2.24, 2.45) is 5.84 Å². The van der Waals surface area contributed by atoms with Crippen LogP contribution in [0.5, 0.6) is 0 Å². The van der Waals surface area contributed by atoms with Crippen LogP contribution in [0.3, 0.4) is 0 Å². The van der Waals surface area contributed by atoms with Crippen molar-refractivity contribution in [1.29, 1.82) is 0 Å². The Bertz CT molecular complexity index is 579. The van der Waals surface area contributed by atoms with Crippen LogP contribution in [0, 0.1) is 17.0 Å². The van der Waals surface area contributed by atoms with E-state index in [-0.39, 0.29) is 5.69 Å². The van der Waals surface area contributed by atoms with Crippen molar-refractivity contribution < 1.29 is 4.92 Å². The van der Waals surface area contributed by atoms with Gasteiger partial charge >= 0.3 is 0 Å². The molecule has 0 bridgehead atoms. The number of rotatable bonds is 4. The zero-order valence-corrected chi connectivity index (χ0v) is 9.83. The summed E-state index contributed by atoms with van der Waals surface area (Å²) in [5.74, 6) is 5.28. The number of aryl methyl sites for hydroxylation is 1. The van der Waals surface area contributed by atoms with Gasteiger partial charge in [0, 0.05) is 12.3 Å². The fourth-order valence-corrected chi connectivity index (χ4v) is 1.70. The topological polar surface area (TPSA) is 99.0 Å². The molecule has 0 aliphatic rings. The molecule has 0 atom stereocenters. The lowest BCUT2D eigenvalue weighted by Crippen LogP contribution is -2.10. The van der Waals surface area contributed by atoms with E-state index in [2.05, 4.69) is 10.5 Å². The standard InChI is InChI=1S/C11H13N5O2/c1-8-5-13-15(6-8)7-9-2-3-11(16(17)18)10(4-9)14-12/h2-6,14H,7,12H2,1H3. The Hall–Kier alpha value is -2.41. The second-order valence-electron chi connectivity index (χ2n) is 3.97. The highest BCUT2D eigenvalue weighted by molar-refractivity contribution is 5.62. The Kier molecular flexibility index (Phi) is 3.24. The molecule has 0 spiro atoms. The first kappa shape index (κ1) is 12.1. The highest BCUT2D eigenvalue weighted by Crippen LogP contribution is 2.24. The summed E-state index contributed by atoms with van der Waals surface area (Å²) >= 11 is 0. The molecule has 0 saturated heterocycles. The van der Waals surface area contributed by atoms with Crippen LogP contribution in [0.15, 0.2) is 30.6 Å². The van der Waals surface area contributed by atoms with Crippen LogP contribution in [0.4, 0.5) is 11.4 Å². The van der Waals surface area contributed by atoms with Gasteiger partial charge in [-0.1, -0.05) is 6.07 Å².